The summed E-state index contributed by atoms with van der Waals surface area (Å²) in [6.45, 7) is 5.31. The molecular formula is C19H23BrN2O4S. The molecule has 2 aromatic rings. The van der Waals surface area contributed by atoms with Crippen molar-refractivity contribution in [2.75, 3.05) is 7.11 Å². The Bertz CT molecular complexity index is 912. The van der Waals surface area contributed by atoms with Gasteiger partial charge in [0, 0.05) is 16.1 Å². The summed E-state index contributed by atoms with van der Waals surface area (Å²) in [5.74, 6) is -0.185. The van der Waals surface area contributed by atoms with E-state index in [9.17, 15) is 13.2 Å². The van der Waals surface area contributed by atoms with Crippen molar-refractivity contribution in [2.45, 2.75) is 37.8 Å². The zero-order chi connectivity index (χ0) is 20.2. The number of ether oxygens (including phenoxy) is 1. The van der Waals surface area contributed by atoms with Crippen molar-refractivity contribution in [3.05, 3.63) is 58.1 Å². The average molecular weight is 455 g/mol. The molecule has 0 unspecified atom stereocenters. The van der Waals surface area contributed by atoms with E-state index >= 15 is 0 Å². The smallest absolute Gasteiger partial charge is 0.251 e. The van der Waals surface area contributed by atoms with Crippen molar-refractivity contribution >= 4 is 31.9 Å². The maximum atomic E-state index is 12.6. The number of rotatable bonds is 7. The number of benzene rings is 2. The summed E-state index contributed by atoms with van der Waals surface area (Å²) in [7, 11) is -2.42. The summed E-state index contributed by atoms with van der Waals surface area (Å²) >= 11 is 3.38. The fraction of sp³-hybridized carbons (Fsp3) is 0.316. The van der Waals surface area contributed by atoms with E-state index in [2.05, 4.69) is 26.0 Å². The van der Waals surface area contributed by atoms with Crippen LogP contribution in [0.5, 0.6) is 5.75 Å². The van der Waals surface area contributed by atoms with Gasteiger partial charge in [0.05, 0.1) is 13.2 Å². The lowest BCUT2D eigenvalue weighted by atomic mass is 10.1. The molecule has 2 aromatic carbocycles. The maximum absolute atomic E-state index is 12.6. The molecule has 0 fully saturated rings. The van der Waals surface area contributed by atoms with Crippen molar-refractivity contribution in [2.24, 2.45) is 0 Å². The standard InChI is InChI=1S/C19H23BrN2O4S/c1-12(2)22-27(24,25)18-11-15(7-10-17(18)26-4)19(23)21-13(3)14-5-8-16(20)9-6-14/h5-13,22H,1-4H3,(H,21,23)/t13-/m1/s1. The third-order valence-corrected chi connectivity index (χ3v) is 6.03. The predicted molar refractivity (Wildman–Crippen MR) is 108 cm³/mol. The van der Waals surface area contributed by atoms with Crippen LogP contribution in [0.15, 0.2) is 51.8 Å². The molecule has 6 nitrogen and oxygen atoms in total. The number of sulfonamides is 1. The van der Waals surface area contributed by atoms with Crippen molar-refractivity contribution < 1.29 is 17.9 Å². The Labute approximate surface area is 168 Å². The first-order chi connectivity index (χ1) is 12.6. The molecule has 0 spiro atoms. The summed E-state index contributed by atoms with van der Waals surface area (Å²) in [6, 6.07) is 11.4. The molecule has 27 heavy (non-hydrogen) atoms. The lowest BCUT2D eigenvalue weighted by Gasteiger charge is -2.16. The van der Waals surface area contributed by atoms with Crippen LogP contribution in [0, 0.1) is 0 Å². The predicted octanol–water partition coefficient (Wildman–Crippen LogP) is 3.64. The molecule has 0 radical (unpaired) electrons. The van der Waals surface area contributed by atoms with Crippen LogP contribution in [0.25, 0.3) is 0 Å². The summed E-state index contributed by atoms with van der Waals surface area (Å²) < 4.78 is 33.7. The lowest BCUT2D eigenvalue weighted by molar-refractivity contribution is 0.0939. The van der Waals surface area contributed by atoms with Gasteiger partial charge in [-0.05, 0) is 56.7 Å². The number of carbonyl (C=O) groups excluding carboxylic acids is 1. The summed E-state index contributed by atoms with van der Waals surface area (Å²) in [5.41, 5.74) is 1.18. The highest BCUT2D eigenvalue weighted by Crippen LogP contribution is 2.25. The topological polar surface area (TPSA) is 84.5 Å². The minimum Gasteiger partial charge on any atom is -0.495 e. The molecule has 8 heteroatoms. The molecule has 0 aliphatic carbocycles. The van der Waals surface area contributed by atoms with Crippen LogP contribution in [0.4, 0.5) is 0 Å². The molecule has 2 N–H and O–H groups in total. The third kappa shape index (κ3) is 5.54. The van der Waals surface area contributed by atoms with E-state index in [4.69, 9.17) is 4.74 Å². The van der Waals surface area contributed by atoms with Crippen LogP contribution in [0.1, 0.15) is 42.7 Å². The van der Waals surface area contributed by atoms with Crippen LogP contribution in [-0.2, 0) is 10.0 Å². The molecule has 146 valence electrons. The Hall–Kier alpha value is -1.90. The number of hydrogen-bond acceptors (Lipinski definition) is 4. The van der Waals surface area contributed by atoms with Gasteiger partial charge in [-0.2, -0.15) is 0 Å². The molecule has 0 heterocycles. The van der Waals surface area contributed by atoms with E-state index in [-0.39, 0.29) is 34.2 Å². The van der Waals surface area contributed by atoms with E-state index in [1.54, 1.807) is 13.8 Å². The highest BCUT2D eigenvalue weighted by Gasteiger charge is 2.23. The van der Waals surface area contributed by atoms with E-state index in [1.807, 2.05) is 31.2 Å². The minimum absolute atomic E-state index is 0.0670. The molecular weight excluding hydrogens is 432 g/mol. The molecule has 1 amide bonds. The van der Waals surface area contributed by atoms with Gasteiger partial charge >= 0.3 is 0 Å². The van der Waals surface area contributed by atoms with Crippen LogP contribution in [-0.4, -0.2) is 27.5 Å². The zero-order valence-corrected chi connectivity index (χ0v) is 18.0. The number of amides is 1. The second-order valence-electron chi connectivity index (χ2n) is 6.39. The zero-order valence-electron chi connectivity index (χ0n) is 15.6. The van der Waals surface area contributed by atoms with Gasteiger partial charge in [0.25, 0.3) is 5.91 Å². The molecule has 0 aromatic heterocycles. The van der Waals surface area contributed by atoms with Gasteiger partial charge in [-0.1, -0.05) is 28.1 Å². The monoisotopic (exact) mass is 454 g/mol. The van der Waals surface area contributed by atoms with Gasteiger partial charge in [-0.25, -0.2) is 13.1 Å². The van der Waals surface area contributed by atoms with Crippen LogP contribution >= 0.6 is 15.9 Å². The van der Waals surface area contributed by atoms with Gasteiger partial charge in [-0.3, -0.25) is 4.79 Å². The first-order valence-electron chi connectivity index (χ1n) is 8.40. The molecule has 1 atom stereocenters. The Morgan fingerprint density at radius 2 is 1.70 bits per heavy atom. The Kier molecular flexibility index (Phi) is 7.02. The van der Waals surface area contributed by atoms with Crippen molar-refractivity contribution in [3.8, 4) is 5.75 Å². The molecule has 0 aliphatic heterocycles. The van der Waals surface area contributed by atoms with Crippen molar-refractivity contribution in [1.82, 2.24) is 10.0 Å². The quantitative estimate of drug-likeness (QED) is 0.668. The average Bonchev–Trinajstić information content (AvgIpc) is 2.60. The fourth-order valence-corrected chi connectivity index (χ4v) is 4.23. The summed E-state index contributed by atoms with van der Waals surface area (Å²) in [4.78, 5) is 12.6. The number of hydrogen-bond donors (Lipinski definition) is 2. The first-order valence-corrected chi connectivity index (χ1v) is 10.7. The Morgan fingerprint density at radius 1 is 1.07 bits per heavy atom. The Morgan fingerprint density at radius 3 is 2.26 bits per heavy atom. The van der Waals surface area contributed by atoms with Crippen molar-refractivity contribution in [3.63, 3.8) is 0 Å². The first kappa shape index (κ1) is 21.4. The second kappa shape index (κ2) is 8.86. The molecule has 0 saturated carbocycles. The number of nitrogens with one attached hydrogen (secondary N) is 2. The number of carbonyl (C=O) groups is 1. The molecule has 0 saturated heterocycles. The summed E-state index contributed by atoms with van der Waals surface area (Å²) in [6.07, 6.45) is 0. The third-order valence-electron chi connectivity index (χ3n) is 3.82. The minimum atomic E-state index is -3.80. The van der Waals surface area contributed by atoms with Gasteiger partial charge < -0.3 is 10.1 Å². The highest BCUT2D eigenvalue weighted by atomic mass is 79.9. The van der Waals surface area contributed by atoms with Crippen LogP contribution in [0.3, 0.4) is 0 Å². The van der Waals surface area contributed by atoms with Gasteiger partial charge in [0.1, 0.15) is 10.6 Å². The molecule has 2 rings (SSSR count). The number of halogens is 1. The largest absolute Gasteiger partial charge is 0.495 e. The van der Waals surface area contributed by atoms with Gasteiger partial charge in [-0.15, -0.1) is 0 Å². The fourth-order valence-electron chi connectivity index (χ4n) is 2.52. The van der Waals surface area contributed by atoms with E-state index in [0.29, 0.717) is 0 Å². The Balaban J connectivity index is 2.28. The number of methoxy groups -OCH3 is 1. The van der Waals surface area contributed by atoms with E-state index in [1.165, 1.54) is 25.3 Å². The second-order valence-corrected chi connectivity index (χ2v) is 8.99. The normalized spacial score (nSPS) is 12.7. The van der Waals surface area contributed by atoms with Crippen LogP contribution < -0.4 is 14.8 Å². The summed E-state index contributed by atoms with van der Waals surface area (Å²) in [5, 5.41) is 2.88. The van der Waals surface area contributed by atoms with E-state index < -0.39 is 10.0 Å². The molecule has 0 aliphatic rings. The van der Waals surface area contributed by atoms with Gasteiger partial charge in [0.2, 0.25) is 10.0 Å². The highest BCUT2D eigenvalue weighted by molar-refractivity contribution is 9.10. The SMILES string of the molecule is COc1ccc(C(=O)N[C@H](C)c2ccc(Br)cc2)cc1S(=O)(=O)NC(C)C. The maximum Gasteiger partial charge on any atom is 0.251 e. The van der Waals surface area contributed by atoms with Crippen LogP contribution in [0.2, 0.25) is 0 Å². The van der Waals surface area contributed by atoms with Gasteiger partial charge in [0.15, 0.2) is 0 Å². The lowest BCUT2D eigenvalue weighted by Crippen LogP contribution is -2.31. The van der Waals surface area contributed by atoms with Crippen molar-refractivity contribution in [1.29, 1.82) is 0 Å². The molecule has 0 bridgehead atoms. The van der Waals surface area contributed by atoms with E-state index in [0.717, 1.165) is 10.0 Å².